The van der Waals surface area contributed by atoms with Gasteiger partial charge in [0.25, 0.3) is 10.0 Å². The Morgan fingerprint density at radius 1 is 0.775 bits per heavy atom. The van der Waals surface area contributed by atoms with E-state index in [-0.39, 0.29) is 11.3 Å². The number of rotatable bonds is 23. The summed E-state index contributed by atoms with van der Waals surface area (Å²) < 4.78 is 26.4. The van der Waals surface area contributed by atoms with Gasteiger partial charge in [0, 0.05) is 12.1 Å². The van der Waals surface area contributed by atoms with Crippen LogP contribution in [0.5, 0.6) is 0 Å². The Morgan fingerprint density at radius 3 is 1.65 bits per heavy atom. The van der Waals surface area contributed by atoms with Gasteiger partial charge >= 0.3 is 5.97 Å². The molecule has 10 heteroatoms. The van der Waals surface area contributed by atoms with E-state index >= 15 is 0 Å². The zero-order valence-corrected chi connectivity index (χ0v) is 25.6. The fourth-order valence-electron chi connectivity index (χ4n) is 4.20. The number of unbranched alkanes of at least 4 members (excludes halogenated alkanes) is 15. The molecule has 1 atom stereocenters. The molecular weight excluding hydrogens is 528 g/mol. The number of nitrogens with two attached hydrogens (primary N) is 3. The van der Waals surface area contributed by atoms with Crippen LogP contribution in [-0.2, 0) is 19.6 Å². The molecule has 0 fully saturated rings. The molecule has 0 spiro atoms. The molecule has 0 aliphatic rings. The van der Waals surface area contributed by atoms with Crippen molar-refractivity contribution in [1.29, 1.82) is 0 Å². The highest BCUT2D eigenvalue weighted by molar-refractivity contribution is 7.90. The zero-order valence-electron chi connectivity index (χ0n) is 24.7. The van der Waals surface area contributed by atoms with E-state index in [0.717, 1.165) is 32.1 Å². The van der Waals surface area contributed by atoms with Crippen molar-refractivity contribution in [1.82, 2.24) is 4.72 Å². The van der Waals surface area contributed by atoms with Gasteiger partial charge in [-0.3, -0.25) is 9.59 Å². The molecule has 0 bridgehead atoms. The number of carboxylic acid groups (broad SMARTS) is 1. The molecule has 40 heavy (non-hydrogen) atoms. The maximum Gasteiger partial charge on any atom is 0.320 e. The highest BCUT2D eigenvalue weighted by Gasteiger charge is 2.17. The van der Waals surface area contributed by atoms with Gasteiger partial charge in [-0.25, -0.2) is 13.1 Å². The third kappa shape index (κ3) is 21.6. The summed E-state index contributed by atoms with van der Waals surface area (Å²) in [5, 5.41) is 8.33. The van der Waals surface area contributed by atoms with E-state index in [4.69, 9.17) is 22.3 Å². The smallest absolute Gasteiger partial charge is 0.320 e. The topological polar surface area (TPSA) is 179 Å². The van der Waals surface area contributed by atoms with Gasteiger partial charge in [-0.15, -0.1) is 0 Å². The lowest BCUT2D eigenvalue weighted by atomic mass is 10.0. The summed E-state index contributed by atoms with van der Waals surface area (Å²) >= 11 is 0. The number of amides is 1. The predicted octanol–water partition coefficient (Wildman–Crippen LogP) is 5.86. The first-order chi connectivity index (χ1) is 19.1. The van der Waals surface area contributed by atoms with Crippen LogP contribution < -0.4 is 21.9 Å². The molecule has 0 aliphatic heterocycles. The summed E-state index contributed by atoms with van der Waals surface area (Å²) in [6.45, 7) is 2.86. The number of aliphatic carboxylic acids is 1. The molecule has 1 aromatic carbocycles. The summed E-state index contributed by atoms with van der Waals surface area (Å²) in [6.07, 6.45) is 21.3. The monoisotopic (exact) mass is 584 g/mol. The number of nitrogen functional groups attached to an aromatic ring is 1. The van der Waals surface area contributed by atoms with Crippen LogP contribution >= 0.6 is 0 Å². The van der Waals surface area contributed by atoms with Crippen LogP contribution in [0.1, 0.15) is 129 Å². The fraction of sp³-hybridized carbons (Fsp3) is 0.733. The molecule has 0 saturated heterocycles. The summed E-state index contributed by atoms with van der Waals surface area (Å²) in [5.74, 6) is -1.38. The van der Waals surface area contributed by atoms with Crippen molar-refractivity contribution in [3.05, 3.63) is 24.3 Å². The van der Waals surface area contributed by atoms with Crippen molar-refractivity contribution in [3.63, 3.8) is 0 Å². The SMILES string of the molecule is CCCCCCCCCCCCCCCCCC(=O)NS(=O)(=O)c1ccc(N)cc1.NCCCC[C@H](N)C(=O)O. The third-order valence-electron chi connectivity index (χ3n) is 6.73. The molecule has 9 nitrogen and oxygen atoms in total. The molecule has 0 saturated carbocycles. The quantitative estimate of drug-likeness (QED) is 0.0783. The molecule has 1 amide bonds. The second-order valence-electron chi connectivity index (χ2n) is 10.5. The number of benzene rings is 1. The Balaban J connectivity index is 0.00000129. The Kier molecular flexibility index (Phi) is 23.3. The lowest BCUT2D eigenvalue weighted by Crippen LogP contribution is -2.30. The Labute approximate surface area is 243 Å². The van der Waals surface area contributed by atoms with Gasteiger partial charge in [0.1, 0.15) is 6.04 Å². The molecule has 0 aliphatic carbocycles. The molecule has 0 aromatic heterocycles. The molecule has 1 aromatic rings. The van der Waals surface area contributed by atoms with Crippen LogP contribution in [0.4, 0.5) is 5.69 Å². The van der Waals surface area contributed by atoms with Crippen molar-refractivity contribution in [2.24, 2.45) is 11.5 Å². The first-order valence-corrected chi connectivity index (χ1v) is 16.7. The lowest BCUT2D eigenvalue weighted by Gasteiger charge is -2.07. The van der Waals surface area contributed by atoms with Crippen LogP contribution in [0.15, 0.2) is 29.2 Å². The lowest BCUT2D eigenvalue weighted by molar-refractivity contribution is -0.138. The normalized spacial score (nSPS) is 11.9. The summed E-state index contributed by atoms with van der Waals surface area (Å²) in [4.78, 5) is 22.1. The number of anilines is 1. The minimum Gasteiger partial charge on any atom is -0.480 e. The minimum absolute atomic E-state index is 0.0570. The second kappa shape index (κ2) is 24.6. The molecule has 1 rings (SSSR count). The predicted molar refractivity (Wildman–Crippen MR) is 164 cm³/mol. The van der Waals surface area contributed by atoms with E-state index in [1.54, 1.807) is 0 Å². The minimum atomic E-state index is -3.80. The number of hydrogen-bond acceptors (Lipinski definition) is 7. The number of nitrogens with one attached hydrogen (secondary N) is 1. The molecule has 0 radical (unpaired) electrons. The largest absolute Gasteiger partial charge is 0.480 e. The van der Waals surface area contributed by atoms with Crippen LogP contribution in [0.2, 0.25) is 0 Å². The first kappa shape index (κ1) is 37.8. The van der Waals surface area contributed by atoms with Crippen molar-refractivity contribution in [2.75, 3.05) is 12.3 Å². The highest BCUT2D eigenvalue weighted by atomic mass is 32.2. The van der Waals surface area contributed by atoms with Crippen LogP contribution in [0.3, 0.4) is 0 Å². The van der Waals surface area contributed by atoms with E-state index in [1.807, 2.05) is 0 Å². The number of carbonyl (C=O) groups excluding carboxylic acids is 1. The van der Waals surface area contributed by atoms with Crippen molar-refractivity contribution in [3.8, 4) is 0 Å². The van der Waals surface area contributed by atoms with Gasteiger partial charge in [-0.2, -0.15) is 0 Å². The second-order valence-corrected chi connectivity index (χ2v) is 12.2. The average Bonchev–Trinajstić information content (AvgIpc) is 2.91. The van der Waals surface area contributed by atoms with Gasteiger partial charge in [0.05, 0.1) is 4.90 Å². The van der Waals surface area contributed by atoms with Gasteiger partial charge in [-0.1, -0.05) is 103 Å². The Morgan fingerprint density at radius 2 is 1.23 bits per heavy atom. The molecule has 8 N–H and O–H groups in total. The summed E-state index contributed by atoms with van der Waals surface area (Å²) in [6, 6.07) is 5.10. The molecular formula is C30H56N4O5S. The van der Waals surface area contributed by atoms with Crippen LogP contribution in [-0.4, -0.2) is 38.0 Å². The summed E-state index contributed by atoms with van der Waals surface area (Å²) in [7, 11) is -3.80. The first-order valence-electron chi connectivity index (χ1n) is 15.2. The van der Waals surface area contributed by atoms with Crippen molar-refractivity contribution >= 4 is 27.6 Å². The molecule has 0 heterocycles. The van der Waals surface area contributed by atoms with Crippen molar-refractivity contribution < 1.29 is 23.1 Å². The number of carboxylic acids is 1. The fourth-order valence-corrected chi connectivity index (χ4v) is 5.21. The number of sulfonamides is 1. The van der Waals surface area contributed by atoms with Gasteiger partial charge in [0.15, 0.2) is 0 Å². The van der Waals surface area contributed by atoms with E-state index in [9.17, 15) is 18.0 Å². The Bertz CT molecular complexity index is 879. The average molecular weight is 585 g/mol. The number of carbonyl (C=O) groups is 2. The number of hydrogen-bond donors (Lipinski definition) is 5. The van der Waals surface area contributed by atoms with Crippen molar-refractivity contribution in [2.45, 2.75) is 140 Å². The van der Waals surface area contributed by atoms with Gasteiger partial charge < -0.3 is 22.3 Å². The van der Waals surface area contributed by atoms with Gasteiger partial charge in [-0.05, 0) is 50.1 Å². The van der Waals surface area contributed by atoms with E-state index in [0.29, 0.717) is 18.7 Å². The van der Waals surface area contributed by atoms with E-state index in [1.165, 1.54) is 101 Å². The highest BCUT2D eigenvalue weighted by Crippen LogP contribution is 2.15. The molecule has 232 valence electrons. The van der Waals surface area contributed by atoms with Crippen LogP contribution in [0.25, 0.3) is 0 Å². The zero-order chi connectivity index (χ0) is 30.1. The van der Waals surface area contributed by atoms with E-state index in [2.05, 4.69) is 11.6 Å². The van der Waals surface area contributed by atoms with Gasteiger partial charge in [0.2, 0.25) is 5.91 Å². The standard InChI is InChI=1S/C24H42N2O3S.C6H14N2O2/c1-2-3-4-5-6-7-8-9-10-11-12-13-14-15-16-17-24(27)26-30(28,29)23-20-18-22(25)19-21-23;7-4-2-1-3-5(8)6(9)10/h18-21H,2-17,25H2,1H3,(H,26,27);5H,1-4,7-8H2,(H,9,10)/t;5-/m.0/s1. The maximum atomic E-state index is 12.1. The third-order valence-corrected chi connectivity index (χ3v) is 8.12. The van der Waals surface area contributed by atoms with Crippen LogP contribution in [0, 0.1) is 0 Å². The maximum absolute atomic E-state index is 12.1. The van der Waals surface area contributed by atoms with E-state index < -0.39 is 27.9 Å². The summed E-state index contributed by atoms with van der Waals surface area (Å²) in [5.41, 5.74) is 16.5. The molecule has 0 unspecified atom stereocenters. The Hall–Kier alpha value is -2.17.